The molecule has 9 nitrogen and oxygen atoms in total. The molecule has 1 aliphatic rings. The molecular weight excluding hydrogens is 332 g/mol. The van der Waals surface area contributed by atoms with E-state index >= 15 is 0 Å². The van der Waals surface area contributed by atoms with E-state index in [1.165, 1.54) is 0 Å². The second-order valence-electron chi connectivity index (χ2n) is 6.39. The summed E-state index contributed by atoms with van der Waals surface area (Å²) in [5, 5.41) is 17.5. The summed E-state index contributed by atoms with van der Waals surface area (Å²) in [5.74, 6) is 0.0406. The minimum atomic E-state index is 0.0406. The molecule has 0 bridgehead atoms. The summed E-state index contributed by atoms with van der Waals surface area (Å²) < 4.78 is 1.82. The van der Waals surface area contributed by atoms with Gasteiger partial charge in [-0.05, 0) is 23.6 Å². The lowest BCUT2D eigenvalue weighted by atomic mass is 10.1. The average Bonchev–Trinajstić information content (AvgIpc) is 3.34. The fourth-order valence-electron chi connectivity index (χ4n) is 3.19. The molecule has 0 spiro atoms. The first-order valence-electron chi connectivity index (χ1n) is 8.37. The van der Waals surface area contributed by atoms with Gasteiger partial charge >= 0.3 is 0 Å². The second kappa shape index (κ2) is 5.80. The summed E-state index contributed by atoms with van der Waals surface area (Å²) in [6, 6.07) is 7.87. The SMILES string of the molecule is O=C(c1ccc2cc[nH]c2c1)N1CC(n2cc(Cn3nccn3)nn2)C1. The Morgan fingerprint density at radius 2 is 2.04 bits per heavy atom. The lowest BCUT2D eigenvalue weighted by Crippen LogP contribution is -2.50. The summed E-state index contributed by atoms with van der Waals surface area (Å²) in [6.07, 6.45) is 7.02. The van der Waals surface area contributed by atoms with Crippen LogP contribution in [0.2, 0.25) is 0 Å². The molecule has 4 aromatic rings. The molecule has 1 amide bonds. The van der Waals surface area contributed by atoms with Crippen LogP contribution in [0.4, 0.5) is 0 Å². The highest BCUT2D eigenvalue weighted by Gasteiger charge is 2.33. The number of carbonyl (C=O) groups is 1. The first-order valence-corrected chi connectivity index (χ1v) is 8.37. The highest BCUT2D eigenvalue weighted by atomic mass is 16.2. The molecule has 1 aromatic carbocycles. The van der Waals surface area contributed by atoms with Crippen molar-refractivity contribution in [2.75, 3.05) is 13.1 Å². The van der Waals surface area contributed by atoms with Crippen LogP contribution >= 0.6 is 0 Å². The molecule has 3 aromatic heterocycles. The van der Waals surface area contributed by atoms with Crippen molar-refractivity contribution >= 4 is 16.8 Å². The summed E-state index contributed by atoms with van der Waals surface area (Å²) in [7, 11) is 0. The highest BCUT2D eigenvalue weighted by molar-refractivity contribution is 5.98. The van der Waals surface area contributed by atoms with Gasteiger partial charge in [-0.2, -0.15) is 15.0 Å². The molecular formula is C17H16N8O. The third kappa shape index (κ3) is 2.53. The maximum absolute atomic E-state index is 12.6. The largest absolute Gasteiger partial charge is 0.361 e. The number of carbonyl (C=O) groups excluding carboxylic acids is 1. The molecule has 1 aliphatic heterocycles. The predicted molar refractivity (Wildman–Crippen MR) is 92.4 cm³/mol. The number of H-pyrrole nitrogens is 1. The van der Waals surface area contributed by atoms with Gasteiger partial charge in [0.25, 0.3) is 5.91 Å². The summed E-state index contributed by atoms with van der Waals surface area (Å²) in [4.78, 5) is 19.2. The van der Waals surface area contributed by atoms with Crippen molar-refractivity contribution in [1.82, 2.24) is 39.9 Å². The number of likely N-dealkylation sites (tertiary alicyclic amines) is 1. The molecule has 0 aliphatic carbocycles. The summed E-state index contributed by atoms with van der Waals surface area (Å²) >= 11 is 0. The van der Waals surface area contributed by atoms with Crippen molar-refractivity contribution in [2.24, 2.45) is 0 Å². The molecule has 1 saturated heterocycles. The zero-order valence-electron chi connectivity index (χ0n) is 13.9. The molecule has 9 heteroatoms. The van der Waals surface area contributed by atoms with Crippen LogP contribution in [0.15, 0.2) is 49.1 Å². The number of nitrogens with one attached hydrogen (secondary N) is 1. The third-order valence-electron chi connectivity index (χ3n) is 4.65. The van der Waals surface area contributed by atoms with Crippen molar-refractivity contribution in [3.05, 3.63) is 60.3 Å². The minimum Gasteiger partial charge on any atom is -0.361 e. The van der Waals surface area contributed by atoms with Crippen LogP contribution in [0.25, 0.3) is 10.9 Å². The Balaban J connectivity index is 1.24. The number of amides is 1. The van der Waals surface area contributed by atoms with Crippen LogP contribution in [0, 0.1) is 0 Å². The van der Waals surface area contributed by atoms with E-state index in [1.807, 2.05) is 46.2 Å². The zero-order chi connectivity index (χ0) is 17.5. The van der Waals surface area contributed by atoms with Crippen molar-refractivity contribution in [1.29, 1.82) is 0 Å². The van der Waals surface area contributed by atoms with Gasteiger partial charge in [0.15, 0.2) is 0 Å². The van der Waals surface area contributed by atoms with Crippen LogP contribution in [0.3, 0.4) is 0 Å². The molecule has 4 heterocycles. The van der Waals surface area contributed by atoms with E-state index in [0.29, 0.717) is 25.2 Å². The molecule has 0 saturated carbocycles. The van der Waals surface area contributed by atoms with E-state index in [-0.39, 0.29) is 11.9 Å². The Hall–Kier alpha value is -3.49. The molecule has 5 rings (SSSR count). The number of nitrogens with zero attached hydrogens (tertiary/aromatic N) is 7. The Labute approximate surface area is 148 Å². The van der Waals surface area contributed by atoms with Gasteiger partial charge in [-0.3, -0.25) is 4.79 Å². The fourth-order valence-corrected chi connectivity index (χ4v) is 3.19. The molecule has 1 N–H and O–H groups in total. The van der Waals surface area contributed by atoms with Crippen molar-refractivity contribution in [2.45, 2.75) is 12.6 Å². The van der Waals surface area contributed by atoms with E-state index in [4.69, 9.17) is 0 Å². The Morgan fingerprint density at radius 1 is 1.19 bits per heavy atom. The normalized spacial score (nSPS) is 14.7. The van der Waals surface area contributed by atoms with E-state index in [0.717, 1.165) is 16.6 Å². The molecule has 26 heavy (non-hydrogen) atoms. The standard InChI is InChI=1S/C17H16N8O/c26-17(13-2-1-12-3-4-18-16(12)7-13)23-10-15(11-23)24-8-14(21-22-24)9-25-19-5-6-20-25/h1-8,15,18H,9-11H2. The average molecular weight is 348 g/mol. The van der Waals surface area contributed by atoms with Gasteiger partial charge in [0.2, 0.25) is 0 Å². The van der Waals surface area contributed by atoms with Gasteiger partial charge in [-0.15, -0.1) is 5.10 Å². The molecule has 0 radical (unpaired) electrons. The van der Waals surface area contributed by atoms with Crippen molar-refractivity contribution < 1.29 is 4.79 Å². The summed E-state index contributed by atoms with van der Waals surface area (Å²) in [6.45, 7) is 1.74. The number of aromatic nitrogens is 7. The maximum atomic E-state index is 12.6. The highest BCUT2D eigenvalue weighted by Crippen LogP contribution is 2.24. The number of hydrogen-bond acceptors (Lipinski definition) is 5. The third-order valence-corrected chi connectivity index (χ3v) is 4.65. The van der Waals surface area contributed by atoms with Gasteiger partial charge in [-0.1, -0.05) is 11.3 Å². The van der Waals surface area contributed by atoms with Crippen LogP contribution in [-0.4, -0.2) is 58.9 Å². The quantitative estimate of drug-likeness (QED) is 0.595. The Bertz CT molecular complexity index is 1060. The lowest BCUT2D eigenvalue weighted by molar-refractivity contribution is 0.0498. The van der Waals surface area contributed by atoms with Gasteiger partial charge in [-0.25, -0.2) is 4.68 Å². The van der Waals surface area contributed by atoms with Gasteiger partial charge < -0.3 is 9.88 Å². The summed E-state index contributed by atoms with van der Waals surface area (Å²) in [5.41, 5.74) is 2.46. The first-order chi connectivity index (χ1) is 12.8. The molecule has 130 valence electrons. The second-order valence-corrected chi connectivity index (χ2v) is 6.39. The van der Waals surface area contributed by atoms with Crippen molar-refractivity contribution in [3.63, 3.8) is 0 Å². The Morgan fingerprint density at radius 3 is 2.88 bits per heavy atom. The van der Waals surface area contributed by atoms with E-state index < -0.39 is 0 Å². The number of fused-ring (bicyclic) bond motifs is 1. The fraction of sp³-hybridized carbons (Fsp3) is 0.235. The van der Waals surface area contributed by atoms with E-state index in [1.54, 1.807) is 17.2 Å². The Kier molecular flexibility index (Phi) is 3.30. The smallest absolute Gasteiger partial charge is 0.254 e. The molecule has 0 unspecified atom stereocenters. The van der Waals surface area contributed by atoms with E-state index in [9.17, 15) is 4.79 Å². The van der Waals surface area contributed by atoms with E-state index in [2.05, 4.69) is 25.5 Å². The molecule has 1 fully saturated rings. The first kappa shape index (κ1) is 14.8. The van der Waals surface area contributed by atoms with Crippen LogP contribution in [-0.2, 0) is 6.54 Å². The number of benzene rings is 1. The maximum Gasteiger partial charge on any atom is 0.254 e. The monoisotopic (exact) mass is 348 g/mol. The van der Waals surface area contributed by atoms with Crippen LogP contribution < -0.4 is 0 Å². The van der Waals surface area contributed by atoms with Gasteiger partial charge in [0.1, 0.15) is 12.2 Å². The minimum absolute atomic E-state index is 0.0406. The lowest BCUT2D eigenvalue weighted by Gasteiger charge is -2.38. The topological polar surface area (TPSA) is 97.5 Å². The number of rotatable bonds is 4. The van der Waals surface area contributed by atoms with Crippen LogP contribution in [0.5, 0.6) is 0 Å². The van der Waals surface area contributed by atoms with Gasteiger partial charge in [0, 0.05) is 30.4 Å². The molecule has 0 atom stereocenters. The van der Waals surface area contributed by atoms with Gasteiger partial charge in [0.05, 0.1) is 24.6 Å². The van der Waals surface area contributed by atoms with Crippen LogP contribution in [0.1, 0.15) is 22.1 Å². The zero-order valence-corrected chi connectivity index (χ0v) is 13.9. The van der Waals surface area contributed by atoms with Crippen molar-refractivity contribution in [3.8, 4) is 0 Å². The number of aromatic amines is 1. The number of hydrogen-bond donors (Lipinski definition) is 1. The predicted octanol–water partition coefficient (Wildman–Crippen LogP) is 1.10.